The van der Waals surface area contributed by atoms with Gasteiger partial charge in [0.05, 0.1) is 17.3 Å². The number of nitrogens with one attached hydrogen (secondary N) is 3. The van der Waals surface area contributed by atoms with E-state index in [0.29, 0.717) is 0 Å². The van der Waals surface area contributed by atoms with Crippen molar-refractivity contribution in [3.05, 3.63) is 29.8 Å². The van der Waals surface area contributed by atoms with E-state index in [2.05, 4.69) is 0 Å². The first kappa shape index (κ1) is 16.0. The van der Waals surface area contributed by atoms with Gasteiger partial charge in [-0.2, -0.15) is 23.7 Å². The average Bonchev–Trinajstić information content (AvgIpc) is 2.43. The minimum absolute atomic E-state index is 0.498. The lowest BCUT2D eigenvalue weighted by atomic mass is 10.1. The van der Waals surface area contributed by atoms with E-state index in [9.17, 15) is 18.0 Å². The van der Waals surface area contributed by atoms with E-state index < -0.39 is 35.2 Å². The van der Waals surface area contributed by atoms with Crippen LogP contribution >= 0.6 is 0 Å². The van der Waals surface area contributed by atoms with Crippen LogP contribution in [0.25, 0.3) is 0 Å². The Balaban J connectivity index is 2.89. The zero-order valence-electron chi connectivity index (χ0n) is 10.3. The monoisotopic (exact) mass is 295 g/mol. The van der Waals surface area contributed by atoms with Gasteiger partial charge in [-0.05, 0) is 12.1 Å². The summed E-state index contributed by atoms with van der Waals surface area (Å²) in [7, 11) is 0. The Labute approximate surface area is 117 Å². The number of nitrogens with zero attached hydrogens (tertiary/aromatic N) is 2. The summed E-state index contributed by atoms with van der Waals surface area (Å²) in [5.74, 6) is 0. The van der Waals surface area contributed by atoms with Crippen molar-refractivity contribution in [2.75, 3.05) is 5.32 Å². The molecule has 1 unspecified atom stereocenters. The maximum atomic E-state index is 12.7. The molecule has 2 amide bonds. The number of halogens is 3. The summed E-state index contributed by atoms with van der Waals surface area (Å²) in [5, 5.41) is 28.1. The molecule has 0 aromatic heterocycles. The van der Waals surface area contributed by atoms with Gasteiger partial charge < -0.3 is 10.6 Å². The van der Waals surface area contributed by atoms with Crippen molar-refractivity contribution in [1.82, 2.24) is 5.32 Å². The van der Waals surface area contributed by atoms with Crippen molar-refractivity contribution in [3.8, 4) is 12.1 Å². The fourth-order valence-electron chi connectivity index (χ4n) is 1.36. The molecular weight excluding hydrogens is 287 g/mol. The molecule has 0 fully saturated rings. The number of amides is 2. The van der Waals surface area contributed by atoms with Gasteiger partial charge in [-0.3, -0.25) is 5.41 Å². The number of carbonyl (C=O) groups is 1. The Bertz CT molecular complexity index is 642. The van der Waals surface area contributed by atoms with Gasteiger partial charge in [0.1, 0.15) is 11.8 Å². The molecular formula is C12H8F3N5O. The highest BCUT2D eigenvalue weighted by Crippen LogP contribution is 2.34. The quantitative estimate of drug-likeness (QED) is 0.743. The first-order chi connectivity index (χ1) is 9.79. The predicted molar refractivity (Wildman–Crippen MR) is 66.3 cm³/mol. The van der Waals surface area contributed by atoms with Crippen LogP contribution in [0.3, 0.4) is 0 Å². The topological polar surface area (TPSA) is 113 Å². The molecule has 21 heavy (non-hydrogen) atoms. The van der Waals surface area contributed by atoms with Crippen LogP contribution in [0.5, 0.6) is 0 Å². The van der Waals surface area contributed by atoms with E-state index in [1.165, 1.54) is 18.2 Å². The van der Waals surface area contributed by atoms with Crippen LogP contribution in [0.15, 0.2) is 24.3 Å². The number of anilines is 1. The summed E-state index contributed by atoms with van der Waals surface area (Å²) >= 11 is 0. The lowest BCUT2D eigenvalue weighted by Crippen LogP contribution is -2.41. The largest absolute Gasteiger partial charge is 0.418 e. The van der Waals surface area contributed by atoms with Gasteiger partial charge in [-0.1, -0.05) is 12.1 Å². The van der Waals surface area contributed by atoms with Crippen LogP contribution in [0, 0.1) is 28.1 Å². The van der Waals surface area contributed by atoms with E-state index in [0.717, 1.165) is 18.2 Å². The molecule has 3 N–H and O–H groups in total. The fraction of sp³-hybridized carbons (Fsp3) is 0.167. The highest BCUT2D eigenvalue weighted by Gasteiger charge is 2.33. The van der Waals surface area contributed by atoms with E-state index in [1.54, 1.807) is 0 Å². The van der Waals surface area contributed by atoms with Crippen LogP contribution in [0.1, 0.15) is 5.56 Å². The molecule has 1 atom stereocenters. The van der Waals surface area contributed by atoms with E-state index in [-0.39, 0.29) is 0 Å². The minimum Gasteiger partial charge on any atom is -0.316 e. The maximum absolute atomic E-state index is 12.7. The van der Waals surface area contributed by atoms with Crippen molar-refractivity contribution < 1.29 is 18.0 Å². The molecule has 1 rings (SSSR count). The first-order valence-corrected chi connectivity index (χ1v) is 5.41. The summed E-state index contributed by atoms with van der Waals surface area (Å²) in [5.41, 5.74) is -2.27. The lowest BCUT2D eigenvalue weighted by Gasteiger charge is -2.15. The molecule has 0 bridgehead atoms. The zero-order valence-corrected chi connectivity index (χ0v) is 10.3. The number of hydrogen-bond acceptors (Lipinski definition) is 4. The SMILES string of the molecule is N#CC(=N)C(C#N)NC(=O)Nc1ccccc1C(F)(F)F. The molecule has 6 nitrogen and oxygen atoms in total. The van der Waals surface area contributed by atoms with Gasteiger partial charge in [-0.25, -0.2) is 4.79 Å². The van der Waals surface area contributed by atoms with Crippen molar-refractivity contribution in [3.63, 3.8) is 0 Å². The number of rotatable bonds is 3. The third-order valence-electron chi connectivity index (χ3n) is 2.29. The summed E-state index contributed by atoms with van der Waals surface area (Å²) < 4.78 is 38.1. The molecule has 0 aliphatic carbocycles. The third-order valence-corrected chi connectivity index (χ3v) is 2.29. The van der Waals surface area contributed by atoms with Gasteiger partial charge >= 0.3 is 12.2 Å². The van der Waals surface area contributed by atoms with Crippen molar-refractivity contribution >= 4 is 17.4 Å². The van der Waals surface area contributed by atoms with Crippen molar-refractivity contribution in [2.45, 2.75) is 12.2 Å². The molecule has 0 spiro atoms. The standard InChI is InChI=1S/C12H8F3N5O/c13-12(14,15)7-3-1-2-4-9(7)19-11(21)20-10(6-17)8(18)5-16/h1-4,10,18H,(H2,19,20,21). The number of alkyl halides is 3. The Kier molecular flexibility index (Phi) is 4.86. The number of carbonyl (C=O) groups excluding carboxylic acids is 1. The second-order valence-corrected chi connectivity index (χ2v) is 3.73. The van der Waals surface area contributed by atoms with Crippen LogP contribution in [0.4, 0.5) is 23.7 Å². The van der Waals surface area contributed by atoms with Crippen LogP contribution in [-0.4, -0.2) is 17.8 Å². The second kappa shape index (κ2) is 6.39. The zero-order chi connectivity index (χ0) is 16.0. The molecule has 0 aliphatic rings. The molecule has 9 heteroatoms. The fourth-order valence-corrected chi connectivity index (χ4v) is 1.36. The normalized spacial score (nSPS) is 11.7. The molecule has 0 saturated carbocycles. The molecule has 0 radical (unpaired) electrons. The Morgan fingerprint density at radius 2 is 1.90 bits per heavy atom. The Morgan fingerprint density at radius 1 is 1.29 bits per heavy atom. The number of benzene rings is 1. The molecule has 0 heterocycles. The van der Waals surface area contributed by atoms with Crippen LogP contribution in [-0.2, 0) is 6.18 Å². The van der Waals surface area contributed by atoms with Gasteiger partial charge in [0.25, 0.3) is 0 Å². The van der Waals surface area contributed by atoms with Gasteiger partial charge in [0.2, 0.25) is 0 Å². The first-order valence-electron chi connectivity index (χ1n) is 5.41. The molecule has 0 aliphatic heterocycles. The Morgan fingerprint density at radius 3 is 2.43 bits per heavy atom. The number of hydrogen-bond donors (Lipinski definition) is 3. The molecule has 108 valence electrons. The third kappa shape index (κ3) is 4.21. The smallest absolute Gasteiger partial charge is 0.316 e. The summed E-state index contributed by atoms with van der Waals surface area (Å²) in [6, 6.07) is 4.46. The summed E-state index contributed by atoms with van der Waals surface area (Å²) in [6.07, 6.45) is -4.65. The highest BCUT2D eigenvalue weighted by molar-refractivity contribution is 6.04. The Hall–Kier alpha value is -3.07. The molecule has 1 aromatic rings. The van der Waals surface area contributed by atoms with E-state index in [1.807, 2.05) is 10.6 Å². The number of urea groups is 1. The van der Waals surface area contributed by atoms with Crippen LogP contribution in [0.2, 0.25) is 0 Å². The van der Waals surface area contributed by atoms with Gasteiger partial charge in [0.15, 0.2) is 6.04 Å². The van der Waals surface area contributed by atoms with Crippen molar-refractivity contribution in [2.24, 2.45) is 0 Å². The van der Waals surface area contributed by atoms with Crippen molar-refractivity contribution in [1.29, 1.82) is 15.9 Å². The van der Waals surface area contributed by atoms with E-state index >= 15 is 0 Å². The maximum Gasteiger partial charge on any atom is 0.418 e. The van der Waals surface area contributed by atoms with Gasteiger partial charge in [-0.15, -0.1) is 0 Å². The summed E-state index contributed by atoms with van der Waals surface area (Å²) in [6.45, 7) is 0. The second-order valence-electron chi connectivity index (χ2n) is 3.73. The minimum atomic E-state index is -4.65. The summed E-state index contributed by atoms with van der Waals surface area (Å²) in [4.78, 5) is 11.5. The highest BCUT2D eigenvalue weighted by atomic mass is 19.4. The molecule has 1 aromatic carbocycles. The van der Waals surface area contributed by atoms with E-state index in [4.69, 9.17) is 15.9 Å². The number of para-hydroxylation sites is 1. The average molecular weight is 295 g/mol. The molecule has 0 saturated heterocycles. The predicted octanol–water partition coefficient (Wildman–Crippen LogP) is 2.26. The van der Waals surface area contributed by atoms with Gasteiger partial charge in [0, 0.05) is 0 Å². The lowest BCUT2D eigenvalue weighted by molar-refractivity contribution is -0.136. The van der Waals surface area contributed by atoms with Crippen LogP contribution < -0.4 is 10.6 Å². The number of nitriles is 2.